The third kappa shape index (κ3) is 3.30. The second kappa shape index (κ2) is 8.20. The summed E-state index contributed by atoms with van der Waals surface area (Å²) in [5.74, 6) is 1.49. The van der Waals surface area contributed by atoms with E-state index in [0.717, 1.165) is 11.3 Å². The fourth-order valence-electron chi connectivity index (χ4n) is 4.10. The number of ether oxygens (including phenoxy) is 2. The maximum Gasteiger partial charge on any atom is 0.266 e. The number of nitrogens with zero attached hydrogens (tertiary/aromatic N) is 3. The van der Waals surface area contributed by atoms with Crippen molar-refractivity contribution in [2.45, 2.75) is 24.4 Å². The highest BCUT2D eigenvalue weighted by Crippen LogP contribution is 2.46. The molecule has 2 aliphatic heterocycles. The van der Waals surface area contributed by atoms with Crippen LogP contribution in [0.5, 0.6) is 11.5 Å². The Labute approximate surface area is 180 Å². The number of hydrazine groups is 1. The summed E-state index contributed by atoms with van der Waals surface area (Å²) >= 11 is 1.51. The Morgan fingerprint density at radius 2 is 1.77 bits per heavy atom. The molecule has 8 heteroatoms. The van der Waals surface area contributed by atoms with E-state index < -0.39 is 6.04 Å². The lowest BCUT2D eigenvalue weighted by atomic mass is 10.1. The largest absolute Gasteiger partial charge is 0.497 e. The van der Waals surface area contributed by atoms with Crippen molar-refractivity contribution in [2.24, 2.45) is 0 Å². The molecule has 4 rings (SSSR count). The van der Waals surface area contributed by atoms with Crippen molar-refractivity contribution in [1.29, 1.82) is 0 Å². The van der Waals surface area contributed by atoms with E-state index in [1.807, 2.05) is 61.4 Å². The monoisotopic (exact) mass is 427 g/mol. The first-order valence-corrected chi connectivity index (χ1v) is 10.8. The quantitative estimate of drug-likeness (QED) is 0.731. The number of thioether (sulfide) groups is 1. The Kier molecular flexibility index (Phi) is 5.62. The molecule has 0 bridgehead atoms. The third-order valence-corrected chi connectivity index (χ3v) is 6.95. The van der Waals surface area contributed by atoms with Crippen molar-refractivity contribution in [3.63, 3.8) is 0 Å². The van der Waals surface area contributed by atoms with Crippen molar-refractivity contribution >= 4 is 29.3 Å². The summed E-state index contributed by atoms with van der Waals surface area (Å²) in [6, 6.07) is 14.3. The molecule has 2 aliphatic rings. The van der Waals surface area contributed by atoms with Crippen molar-refractivity contribution in [1.82, 2.24) is 9.91 Å². The van der Waals surface area contributed by atoms with E-state index in [1.165, 1.54) is 11.8 Å². The van der Waals surface area contributed by atoms with Gasteiger partial charge in [-0.15, -0.1) is 11.8 Å². The van der Waals surface area contributed by atoms with Crippen LogP contribution in [-0.2, 0) is 9.59 Å². The second-order valence-electron chi connectivity index (χ2n) is 7.32. The highest BCUT2D eigenvalue weighted by Gasteiger charge is 2.52. The van der Waals surface area contributed by atoms with Crippen molar-refractivity contribution in [3.8, 4) is 11.5 Å². The van der Waals surface area contributed by atoms with Crippen LogP contribution < -0.4 is 14.5 Å². The molecule has 2 aromatic rings. The highest BCUT2D eigenvalue weighted by molar-refractivity contribution is 8.00. The third-order valence-electron chi connectivity index (χ3n) is 5.74. The van der Waals surface area contributed by atoms with E-state index in [0.29, 0.717) is 17.3 Å². The van der Waals surface area contributed by atoms with Crippen LogP contribution in [0.4, 0.5) is 5.69 Å². The Balaban J connectivity index is 1.71. The summed E-state index contributed by atoms with van der Waals surface area (Å²) in [7, 11) is 5.08. The maximum atomic E-state index is 13.5. The minimum atomic E-state index is -0.588. The van der Waals surface area contributed by atoms with Gasteiger partial charge in [0.1, 0.15) is 22.9 Å². The first-order chi connectivity index (χ1) is 14.5. The molecule has 7 nitrogen and oxygen atoms in total. The van der Waals surface area contributed by atoms with Crippen molar-refractivity contribution in [3.05, 3.63) is 54.1 Å². The molecule has 2 saturated heterocycles. The SMILES string of the molecule is COc1ccc(C2SCC(=O)N2C2C(=O)N(c3ccccc3)N(C)C2C)c(OC)c1. The summed E-state index contributed by atoms with van der Waals surface area (Å²) < 4.78 is 10.9. The molecule has 30 heavy (non-hydrogen) atoms. The number of hydrogen-bond acceptors (Lipinski definition) is 6. The molecule has 0 radical (unpaired) electrons. The van der Waals surface area contributed by atoms with Gasteiger partial charge in [0, 0.05) is 18.7 Å². The fourth-order valence-corrected chi connectivity index (χ4v) is 5.34. The molecule has 2 fully saturated rings. The van der Waals surface area contributed by atoms with E-state index in [2.05, 4.69) is 0 Å². The molecule has 2 amide bonds. The van der Waals surface area contributed by atoms with Crippen LogP contribution in [0.3, 0.4) is 0 Å². The van der Waals surface area contributed by atoms with Crippen LogP contribution in [0.1, 0.15) is 17.9 Å². The average Bonchev–Trinajstić information content (AvgIpc) is 3.24. The van der Waals surface area contributed by atoms with Crippen LogP contribution in [-0.4, -0.2) is 60.8 Å². The summed E-state index contributed by atoms with van der Waals surface area (Å²) in [4.78, 5) is 28.2. The number of anilines is 1. The van der Waals surface area contributed by atoms with Crippen molar-refractivity contribution < 1.29 is 19.1 Å². The fraction of sp³-hybridized carbons (Fsp3) is 0.364. The summed E-state index contributed by atoms with van der Waals surface area (Å²) in [5.41, 5.74) is 1.65. The van der Waals surface area contributed by atoms with Crippen LogP contribution in [0.15, 0.2) is 48.5 Å². The second-order valence-corrected chi connectivity index (χ2v) is 8.39. The number of para-hydroxylation sites is 1. The first kappa shape index (κ1) is 20.6. The van der Waals surface area contributed by atoms with Crippen LogP contribution >= 0.6 is 11.8 Å². The van der Waals surface area contributed by atoms with E-state index >= 15 is 0 Å². The molecule has 3 unspecified atom stereocenters. The molecule has 0 aromatic heterocycles. The maximum absolute atomic E-state index is 13.5. The summed E-state index contributed by atoms with van der Waals surface area (Å²) in [5, 5.41) is 3.26. The number of hydrogen-bond donors (Lipinski definition) is 0. The Bertz CT molecular complexity index is 955. The number of rotatable bonds is 5. The van der Waals surface area contributed by atoms with E-state index in [9.17, 15) is 9.59 Å². The van der Waals surface area contributed by atoms with Crippen LogP contribution in [0.25, 0.3) is 0 Å². The predicted molar refractivity (Wildman–Crippen MR) is 117 cm³/mol. The zero-order chi connectivity index (χ0) is 21.4. The lowest BCUT2D eigenvalue weighted by Crippen LogP contribution is -2.47. The first-order valence-electron chi connectivity index (χ1n) is 9.74. The van der Waals surface area contributed by atoms with Crippen LogP contribution in [0.2, 0.25) is 0 Å². The molecular weight excluding hydrogens is 402 g/mol. The molecule has 2 aromatic carbocycles. The minimum absolute atomic E-state index is 0.0450. The average molecular weight is 428 g/mol. The highest BCUT2D eigenvalue weighted by atomic mass is 32.2. The van der Waals surface area contributed by atoms with E-state index in [-0.39, 0.29) is 23.2 Å². The number of methoxy groups -OCH3 is 2. The standard InChI is InChI=1S/C22H25N3O4S/c1-14-20(21(27)25(23(14)2)15-8-6-5-7-9-15)24-19(26)13-30-22(24)17-11-10-16(28-3)12-18(17)29-4/h5-12,14,20,22H,13H2,1-4H3. The van der Waals surface area contributed by atoms with Gasteiger partial charge in [0.25, 0.3) is 5.91 Å². The predicted octanol–water partition coefficient (Wildman–Crippen LogP) is 2.93. The summed E-state index contributed by atoms with van der Waals surface area (Å²) in [6.45, 7) is 1.98. The number of amides is 2. The van der Waals surface area contributed by atoms with E-state index in [4.69, 9.17) is 9.47 Å². The van der Waals surface area contributed by atoms with Gasteiger partial charge < -0.3 is 14.4 Å². The van der Waals surface area contributed by atoms with Gasteiger partial charge in [0.15, 0.2) is 0 Å². The zero-order valence-corrected chi connectivity index (χ0v) is 18.3. The van der Waals surface area contributed by atoms with Gasteiger partial charge in [0.05, 0.1) is 31.7 Å². The van der Waals surface area contributed by atoms with Gasteiger partial charge in [-0.1, -0.05) is 18.2 Å². The Hall–Kier alpha value is -2.71. The molecule has 0 spiro atoms. The topological polar surface area (TPSA) is 62.3 Å². The van der Waals surface area contributed by atoms with Crippen molar-refractivity contribution in [2.75, 3.05) is 32.0 Å². The number of carbonyl (C=O) groups excluding carboxylic acids is 2. The molecule has 3 atom stereocenters. The van der Waals surface area contributed by atoms with Crippen LogP contribution in [0, 0.1) is 0 Å². The molecule has 0 saturated carbocycles. The number of likely N-dealkylation sites (N-methyl/N-ethyl adjacent to an activating group) is 1. The Morgan fingerprint density at radius 1 is 1.03 bits per heavy atom. The van der Waals surface area contributed by atoms with Gasteiger partial charge in [-0.3, -0.25) is 9.59 Å². The molecule has 0 N–H and O–H groups in total. The van der Waals surface area contributed by atoms with Gasteiger partial charge in [-0.2, -0.15) is 0 Å². The lowest BCUT2D eigenvalue weighted by molar-refractivity contribution is -0.136. The summed E-state index contributed by atoms with van der Waals surface area (Å²) in [6.07, 6.45) is 0. The number of carbonyl (C=O) groups is 2. The van der Waals surface area contributed by atoms with Gasteiger partial charge in [-0.05, 0) is 31.2 Å². The van der Waals surface area contributed by atoms with E-state index in [1.54, 1.807) is 30.2 Å². The minimum Gasteiger partial charge on any atom is -0.497 e. The molecule has 2 heterocycles. The Morgan fingerprint density at radius 3 is 2.43 bits per heavy atom. The molecule has 158 valence electrons. The zero-order valence-electron chi connectivity index (χ0n) is 17.4. The van der Waals surface area contributed by atoms with Gasteiger partial charge in [0.2, 0.25) is 5.91 Å². The lowest BCUT2D eigenvalue weighted by Gasteiger charge is -2.31. The normalized spacial score (nSPS) is 24.6. The molecule has 0 aliphatic carbocycles. The molecular formula is C22H25N3O4S. The number of benzene rings is 2. The van der Waals surface area contributed by atoms with Gasteiger partial charge in [-0.25, -0.2) is 10.0 Å². The smallest absolute Gasteiger partial charge is 0.266 e. The van der Waals surface area contributed by atoms with Gasteiger partial charge >= 0.3 is 0 Å².